The molecule has 1 aliphatic carbocycles. The molecule has 198 valence electrons. The molecule has 0 aromatic heterocycles. The smallest absolute Gasteiger partial charge is 0.359 e. The molecule has 2 amide bonds. The average molecular weight is 526 g/mol. The minimum atomic E-state index is -4.98. The van der Waals surface area contributed by atoms with Crippen LogP contribution in [0, 0.1) is 0 Å². The molecule has 3 rings (SSSR count). The number of carbonyl (C=O) groups excluding carboxylic acids is 3. The molecule has 2 aromatic carbocycles. The highest BCUT2D eigenvalue weighted by Crippen LogP contribution is 2.37. The van der Waals surface area contributed by atoms with Crippen molar-refractivity contribution < 1.29 is 40.7 Å². The lowest BCUT2D eigenvalue weighted by Gasteiger charge is -2.19. The van der Waals surface area contributed by atoms with Crippen molar-refractivity contribution >= 4 is 29.4 Å². The number of carbonyl (C=O) groups is 3. The van der Waals surface area contributed by atoms with Gasteiger partial charge in [-0.2, -0.15) is 26.3 Å². The Morgan fingerprint density at radius 3 is 2.03 bits per heavy atom. The molecule has 11 heteroatoms. The number of anilines is 1. The zero-order valence-electron chi connectivity index (χ0n) is 19.8. The van der Waals surface area contributed by atoms with E-state index in [1.807, 2.05) is 0 Å². The van der Waals surface area contributed by atoms with E-state index in [1.165, 1.54) is 19.2 Å². The van der Waals surface area contributed by atoms with Crippen LogP contribution >= 0.6 is 0 Å². The molecule has 0 aliphatic heterocycles. The number of unbranched alkanes of at least 4 members (excludes halogenated alkanes) is 1. The lowest BCUT2D eigenvalue weighted by molar-refractivity contribution is -0.143. The van der Waals surface area contributed by atoms with Crippen LogP contribution in [0.2, 0.25) is 0 Å². The van der Waals surface area contributed by atoms with Gasteiger partial charge in [0.1, 0.15) is 0 Å². The van der Waals surface area contributed by atoms with Crippen molar-refractivity contribution in [1.29, 1.82) is 0 Å². The second kappa shape index (κ2) is 11.2. The fraction of sp³-hybridized carbons (Fsp3) is 0.346. The van der Waals surface area contributed by atoms with E-state index in [-0.39, 0.29) is 47.4 Å². The Hall–Kier alpha value is -3.63. The Morgan fingerprint density at radius 2 is 1.46 bits per heavy atom. The highest BCUT2D eigenvalue weighted by atomic mass is 19.4. The van der Waals surface area contributed by atoms with E-state index < -0.39 is 29.3 Å². The van der Waals surface area contributed by atoms with Crippen LogP contribution < -0.4 is 10.6 Å². The molecule has 0 spiro atoms. The van der Waals surface area contributed by atoms with Crippen LogP contribution in [0.3, 0.4) is 0 Å². The number of fused-ring (bicyclic) bond motifs is 1. The Kier molecular flexibility index (Phi) is 8.45. The van der Waals surface area contributed by atoms with E-state index in [0.29, 0.717) is 49.1 Å². The SMILES string of the molecule is CNC(=O)CCCCC(=O)Nc1ccc2c(c1)CC/C(=C\c1cc(C(F)(F)F)cc(C(F)(F)F)c1)C2=O. The first kappa shape index (κ1) is 27.9. The van der Waals surface area contributed by atoms with Crippen molar-refractivity contribution in [3.63, 3.8) is 0 Å². The van der Waals surface area contributed by atoms with Crippen LogP contribution in [-0.4, -0.2) is 24.6 Å². The molecular weight excluding hydrogens is 502 g/mol. The van der Waals surface area contributed by atoms with E-state index in [9.17, 15) is 40.7 Å². The number of hydrogen-bond acceptors (Lipinski definition) is 3. The number of halogens is 6. The largest absolute Gasteiger partial charge is 0.416 e. The minimum absolute atomic E-state index is 0.0394. The second-order valence-corrected chi connectivity index (χ2v) is 8.64. The lowest BCUT2D eigenvalue weighted by Crippen LogP contribution is -2.18. The summed E-state index contributed by atoms with van der Waals surface area (Å²) in [4.78, 5) is 36.3. The number of alkyl halides is 6. The van der Waals surface area contributed by atoms with Gasteiger partial charge in [0.25, 0.3) is 0 Å². The first-order chi connectivity index (χ1) is 17.3. The molecule has 0 saturated heterocycles. The molecule has 0 fully saturated rings. The van der Waals surface area contributed by atoms with Gasteiger partial charge in [-0.05, 0) is 79.3 Å². The molecule has 0 radical (unpaired) electrons. The third kappa shape index (κ3) is 7.43. The number of benzene rings is 2. The first-order valence-electron chi connectivity index (χ1n) is 11.5. The van der Waals surface area contributed by atoms with Gasteiger partial charge in [0.15, 0.2) is 5.78 Å². The Labute approximate surface area is 208 Å². The van der Waals surface area contributed by atoms with Gasteiger partial charge in [-0.25, -0.2) is 0 Å². The fourth-order valence-electron chi connectivity index (χ4n) is 3.98. The Balaban J connectivity index is 1.75. The summed E-state index contributed by atoms with van der Waals surface area (Å²) in [5.41, 5.74) is -1.84. The molecule has 0 saturated carbocycles. The summed E-state index contributed by atoms with van der Waals surface area (Å²) < 4.78 is 78.9. The molecule has 0 bridgehead atoms. The van der Waals surface area contributed by atoms with Crippen molar-refractivity contribution in [2.45, 2.75) is 50.9 Å². The first-order valence-corrected chi connectivity index (χ1v) is 11.5. The van der Waals surface area contributed by atoms with Crippen molar-refractivity contribution in [2.75, 3.05) is 12.4 Å². The summed E-state index contributed by atoms with van der Waals surface area (Å²) in [6.07, 6.45) is -6.89. The number of hydrogen-bond donors (Lipinski definition) is 2. The molecule has 0 unspecified atom stereocenters. The molecule has 2 N–H and O–H groups in total. The summed E-state index contributed by atoms with van der Waals surface area (Å²) in [5, 5.41) is 5.22. The lowest BCUT2D eigenvalue weighted by atomic mass is 9.85. The van der Waals surface area contributed by atoms with Crippen LogP contribution in [0.15, 0.2) is 42.0 Å². The summed E-state index contributed by atoms with van der Waals surface area (Å²) in [5.74, 6) is -0.870. The van der Waals surface area contributed by atoms with E-state index in [1.54, 1.807) is 6.07 Å². The number of allylic oxidation sites excluding steroid dienone is 1. The number of aryl methyl sites for hydroxylation is 1. The molecule has 5 nitrogen and oxygen atoms in total. The summed E-state index contributed by atoms with van der Waals surface area (Å²) in [6, 6.07) is 5.81. The van der Waals surface area contributed by atoms with E-state index in [2.05, 4.69) is 10.6 Å². The number of ketones is 1. The summed E-state index contributed by atoms with van der Waals surface area (Å²) in [7, 11) is 1.53. The maximum Gasteiger partial charge on any atom is 0.416 e. The maximum atomic E-state index is 13.1. The van der Waals surface area contributed by atoms with Crippen LogP contribution in [-0.2, 0) is 28.4 Å². The van der Waals surface area contributed by atoms with Crippen LogP contribution in [0.25, 0.3) is 6.08 Å². The molecule has 1 aliphatic rings. The van der Waals surface area contributed by atoms with Crippen molar-refractivity contribution in [3.8, 4) is 0 Å². The standard InChI is InChI=1S/C26H24F6N2O3/c1-33-22(35)4-2-3-5-23(36)34-20-8-9-21-16(13-20)6-7-17(24(21)37)10-15-11-18(25(27,28)29)14-19(12-15)26(30,31)32/h8-14H,2-7H2,1H3,(H,33,35)(H,34,36)/b17-10+. The topological polar surface area (TPSA) is 75.3 Å². The highest BCUT2D eigenvalue weighted by molar-refractivity contribution is 6.13. The van der Waals surface area contributed by atoms with Crippen molar-refractivity contribution in [2.24, 2.45) is 0 Å². The van der Waals surface area contributed by atoms with Crippen molar-refractivity contribution in [3.05, 3.63) is 69.8 Å². The van der Waals surface area contributed by atoms with E-state index in [0.717, 1.165) is 6.08 Å². The Bertz CT molecular complexity index is 1200. The predicted molar refractivity (Wildman–Crippen MR) is 125 cm³/mol. The molecule has 0 atom stereocenters. The minimum Gasteiger partial charge on any atom is -0.359 e. The molecule has 2 aromatic rings. The number of Topliss-reactive ketones (excluding diaryl/α,β-unsaturated/α-hetero) is 1. The van der Waals surface area contributed by atoms with Gasteiger partial charge in [-0.3, -0.25) is 14.4 Å². The van der Waals surface area contributed by atoms with Gasteiger partial charge in [0.2, 0.25) is 11.8 Å². The van der Waals surface area contributed by atoms with Gasteiger partial charge < -0.3 is 10.6 Å². The maximum absolute atomic E-state index is 13.1. The molecule has 0 heterocycles. The van der Waals surface area contributed by atoms with Gasteiger partial charge in [0.05, 0.1) is 11.1 Å². The molecular formula is C26H24F6N2O3. The fourth-order valence-corrected chi connectivity index (χ4v) is 3.98. The highest BCUT2D eigenvalue weighted by Gasteiger charge is 2.37. The zero-order valence-corrected chi connectivity index (χ0v) is 19.8. The van der Waals surface area contributed by atoms with Crippen LogP contribution in [0.4, 0.5) is 32.0 Å². The van der Waals surface area contributed by atoms with Crippen LogP contribution in [0.5, 0.6) is 0 Å². The third-order valence-corrected chi connectivity index (χ3v) is 5.88. The van der Waals surface area contributed by atoms with E-state index in [4.69, 9.17) is 0 Å². The third-order valence-electron chi connectivity index (χ3n) is 5.88. The zero-order chi connectivity index (χ0) is 27.4. The van der Waals surface area contributed by atoms with Crippen molar-refractivity contribution in [1.82, 2.24) is 5.32 Å². The number of amides is 2. The Morgan fingerprint density at radius 1 is 0.865 bits per heavy atom. The molecule has 37 heavy (non-hydrogen) atoms. The van der Waals surface area contributed by atoms with Gasteiger partial charge in [0, 0.05) is 36.7 Å². The normalized spacial score (nSPS) is 14.9. The van der Waals surface area contributed by atoms with Gasteiger partial charge in [-0.1, -0.05) is 0 Å². The quantitative estimate of drug-likeness (QED) is 0.257. The summed E-state index contributed by atoms with van der Waals surface area (Å²) in [6.45, 7) is 0. The number of rotatable bonds is 7. The number of nitrogens with one attached hydrogen (secondary N) is 2. The van der Waals surface area contributed by atoms with E-state index >= 15 is 0 Å². The van der Waals surface area contributed by atoms with Gasteiger partial charge >= 0.3 is 12.4 Å². The monoisotopic (exact) mass is 526 g/mol. The van der Waals surface area contributed by atoms with Crippen LogP contribution in [0.1, 0.15) is 64.7 Å². The van der Waals surface area contributed by atoms with Gasteiger partial charge in [-0.15, -0.1) is 0 Å². The average Bonchev–Trinajstić information content (AvgIpc) is 2.82. The summed E-state index contributed by atoms with van der Waals surface area (Å²) >= 11 is 0. The second-order valence-electron chi connectivity index (χ2n) is 8.64. The predicted octanol–water partition coefficient (Wildman–Crippen LogP) is 6.18.